The minimum absolute atomic E-state index is 0.0230. The van der Waals surface area contributed by atoms with Crippen molar-refractivity contribution in [1.82, 2.24) is 20.2 Å². The van der Waals surface area contributed by atoms with Crippen molar-refractivity contribution in [3.8, 4) is 29.0 Å². The first-order valence-corrected chi connectivity index (χ1v) is 12.2. The molecule has 1 saturated heterocycles. The highest BCUT2D eigenvalue weighted by Crippen LogP contribution is 2.33. The number of anilines is 1. The van der Waals surface area contributed by atoms with Gasteiger partial charge >= 0.3 is 12.1 Å². The van der Waals surface area contributed by atoms with Crippen LogP contribution < -0.4 is 15.4 Å². The molecule has 1 aromatic heterocycles. The summed E-state index contributed by atoms with van der Waals surface area (Å²) in [4.78, 5) is 20.9. The van der Waals surface area contributed by atoms with E-state index in [9.17, 15) is 22.4 Å². The second-order valence-electron chi connectivity index (χ2n) is 8.48. The first-order chi connectivity index (χ1) is 18.2. The van der Waals surface area contributed by atoms with Crippen LogP contribution >= 0.6 is 11.6 Å². The van der Waals surface area contributed by atoms with Gasteiger partial charge in [-0.2, -0.15) is 13.2 Å². The van der Waals surface area contributed by atoms with Gasteiger partial charge in [0, 0.05) is 49.8 Å². The summed E-state index contributed by atoms with van der Waals surface area (Å²) in [7, 11) is 0. The molecule has 4 rings (SSSR count). The number of carbonyl (C=O) groups is 1. The largest absolute Gasteiger partial charge is 0.491 e. The van der Waals surface area contributed by atoms with Crippen LogP contribution in [0, 0.1) is 17.7 Å². The normalized spacial score (nSPS) is 14.0. The van der Waals surface area contributed by atoms with Gasteiger partial charge in [0.15, 0.2) is 0 Å². The van der Waals surface area contributed by atoms with E-state index in [1.807, 2.05) is 0 Å². The zero-order chi connectivity index (χ0) is 27.1. The summed E-state index contributed by atoms with van der Waals surface area (Å²) in [6.07, 6.45) is -3.13. The summed E-state index contributed by atoms with van der Waals surface area (Å²) in [5.74, 6) is 3.99. The molecule has 1 fully saturated rings. The van der Waals surface area contributed by atoms with Crippen LogP contribution in [0.1, 0.15) is 17.7 Å². The van der Waals surface area contributed by atoms with Crippen molar-refractivity contribution in [2.24, 2.45) is 0 Å². The van der Waals surface area contributed by atoms with E-state index in [-0.39, 0.29) is 16.5 Å². The van der Waals surface area contributed by atoms with E-state index in [1.165, 1.54) is 18.2 Å². The Morgan fingerprint density at radius 2 is 1.97 bits per heavy atom. The summed E-state index contributed by atoms with van der Waals surface area (Å²) in [5.41, 5.74) is -0.136. The average molecular weight is 550 g/mol. The molecule has 0 bridgehead atoms. The maximum atomic E-state index is 13.4. The number of carbonyl (C=O) groups excluding carboxylic acids is 1. The Morgan fingerprint density at radius 1 is 1.18 bits per heavy atom. The number of halogens is 5. The number of ether oxygens (including phenoxy) is 1. The van der Waals surface area contributed by atoms with Crippen molar-refractivity contribution >= 4 is 23.2 Å². The number of nitrogens with zero attached hydrogens (tertiary/aromatic N) is 2. The molecule has 2 aromatic carbocycles. The van der Waals surface area contributed by atoms with Crippen LogP contribution in [0.4, 0.5) is 23.2 Å². The van der Waals surface area contributed by atoms with Crippen molar-refractivity contribution in [1.29, 1.82) is 0 Å². The van der Waals surface area contributed by atoms with Gasteiger partial charge in [0.2, 0.25) is 0 Å². The molecule has 0 atom stereocenters. The Kier molecular flexibility index (Phi) is 8.89. The number of nitrogens with one attached hydrogen (secondary N) is 3. The van der Waals surface area contributed by atoms with Gasteiger partial charge in [-0.05, 0) is 42.8 Å². The summed E-state index contributed by atoms with van der Waals surface area (Å²) >= 11 is 5.75. The molecule has 12 heteroatoms. The number of benzene rings is 2. The Balaban J connectivity index is 1.50. The molecule has 0 unspecified atom stereocenters. The second-order valence-corrected chi connectivity index (χ2v) is 8.89. The summed E-state index contributed by atoms with van der Waals surface area (Å²) < 4.78 is 58.3. The molecule has 0 saturated carbocycles. The second kappa shape index (κ2) is 12.3. The fraction of sp³-hybridized carbons (Fsp3) is 0.308. The van der Waals surface area contributed by atoms with Crippen LogP contribution in [0.15, 0.2) is 42.6 Å². The third kappa shape index (κ3) is 7.47. The predicted octanol–water partition coefficient (Wildman–Crippen LogP) is 4.55. The lowest BCUT2D eigenvalue weighted by molar-refractivity contribution is -0.140. The van der Waals surface area contributed by atoms with Crippen molar-refractivity contribution in [2.75, 3.05) is 44.6 Å². The molecule has 0 radical (unpaired) electrons. The zero-order valence-electron chi connectivity index (χ0n) is 20.1. The molecule has 3 aromatic rings. The number of aromatic amines is 1. The maximum Gasteiger partial charge on any atom is 0.432 e. The molecular formula is C26H24ClF4N5O2. The summed E-state index contributed by atoms with van der Waals surface area (Å²) in [6.45, 7) is 5.00. The molecule has 3 N–H and O–H groups in total. The number of alkyl halides is 3. The fourth-order valence-corrected chi connectivity index (χ4v) is 3.95. The molecule has 1 aliphatic rings. The lowest BCUT2D eigenvalue weighted by Gasteiger charge is -2.27. The number of imidazole rings is 1. The van der Waals surface area contributed by atoms with Crippen LogP contribution in [0.5, 0.6) is 5.75 Å². The number of H-pyrrole nitrogens is 1. The van der Waals surface area contributed by atoms with E-state index in [4.69, 9.17) is 16.3 Å². The smallest absolute Gasteiger partial charge is 0.432 e. The highest BCUT2D eigenvalue weighted by Gasteiger charge is 2.33. The van der Waals surface area contributed by atoms with Crippen LogP contribution in [0.2, 0.25) is 5.02 Å². The fourth-order valence-electron chi connectivity index (χ4n) is 3.77. The van der Waals surface area contributed by atoms with E-state index in [2.05, 4.69) is 37.3 Å². The monoisotopic (exact) mass is 549 g/mol. The van der Waals surface area contributed by atoms with Gasteiger partial charge in [-0.15, -0.1) is 0 Å². The highest BCUT2D eigenvalue weighted by molar-refractivity contribution is 6.30. The summed E-state index contributed by atoms with van der Waals surface area (Å²) in [5, 5.41) is 5.78. The zero-order valence-corrected chi connectivity index (χ0v) is 20.8. The van der Waals surface area contributed by atoms with E-state index in [0.717, 1.165) is 45.2 Å². The lowest BCUT2D eigenvalue weighted by atomic mass is 10.1. The molecule has 7 nitrogen and oxygen atoms in total. The van der Waals surface area contributed by atoms with Gasteiger partial charge in [0.25, 0.3) is 0 Å². The molecule has 38 heavy (non-hydrogen) atoms. The Labute approximate surface area is 221 Å². The van der Waals surface area contributed by atoms with Crippen molar-refractivity contribution in [3.05, 3.63) is 64.7 Å². The van der Waals surface area contributed by atoms with Crippen LogP contribution in [-0.2, 0) is 11.0 Å². The Hall–Kier alpha value is -3.59. The number of rotatable bonds is 7. The van der Waals surface area contributed by atoms with Gasteiger partial charge in [0.05, 0.1) is 23.5 Å². The van der Waals surface area contributed by atoms with E-state index < -0.39 is 23.6 Å². The minimum atomic E-state index is -4.57. The number of hydrogen-bond donors (Lipinski definition) is 3. The molecule has 0 spiro atoms. The molecular weight excluding hydrogens is 526 g/mol. The first-order valence-electron chi connectivity index (χ1n) is 11.8. The number of piperazine rings is 1. The van der Waals surface area contributed by atoms with E-state index >= 15 is 0 Å². The van der Waals surface area contributed by atoms with Crippen molar-refractivity contribution in [3.63, 3.8) is 0 Å². The number of amides is 1. The Bertz CT molecular complexity index is 1340. The average Bonchev–Trinajstić information content (AvgIpc) is 3.40. The third-order valence-corrected chi connectivity index (χ3v) is 6.00. The third-order valence-electron chi connectivity index (χ3n) is 5.71. The number of aromatic nitrogens is 2. The maximum absolute atomic E-state index is 13.4. The van der Waals surface area contributed by atoms with Gasteiger partial charge in [0.1, 0.15) is 23.1 Å². The number of hydrogen-bond acceptors (Lipinski definition) is 5. The summed E-state index contributed by atoms with van der Waals surface area (Å²) in [6, 6.07) is 8.37. The van der Waals surface area contributed by atoms with Gasteiger partial charge < -0.3 is 25.3 Å². The molecule has 1 amide bonds. The first kappa shape index (κ1) is 27.4. The SMILES string of the molecule is O=C(C#Cc1ccc(F)c(Cl)c1)Nc1cc(-c2ncc(C(F)(F)F)[nH]2)ccc1OCCCN1CCNCC1. The molecule has 0 aliphatic carbocycles. The molecule has 200 valence electrons. The quantitative estimate of drug-likeness (QED) is 0.229. The van der Waals surface area contributed by atoms with Crippen molar-refractivity contribution < 1.29 is 27.1 Å². The highest BCUT2D eigenvalue weighted by atomic mass is 35.5. The van der Waals surface area contributed by atoms with Gasteiger partial charge in [-0.1, -0.05) is 17.5 Å². The van der Waals surface area contributed by atoms with Crippen LogP contribution in [-0.4, -0.2) is 60.1 Å². The van der Waals surface area contributed by atoms with E-state index in [0.29, 0.717) is 29.7 Å². The van der Waals surface area contributed by atoms with Gasteiger partial charge in [-0.25, -0.2) is 9.37 Å². The van der Waals surface area contributed by atoms with Gasteiger partial charge in [-0.3, -0.25) is 4.79 Å². The van der Waals surface area contributed by atoms with Crippen LogP contribution in [0.3, 0.4) is 0 Å². The Morgan fingerprint density at radius 3 is 2.68 bits per heavy atom. The van der Waals surface area contributed by atoms with Crippen LogP contribution in [0.25, 0.3) is 11.4 Å². The van der Waals surface area contributed by atoms with Crippen molar-refractivity contribution in [2.45, 2.75) is 12.6 Å². The lowest BCUT2D eigenvalue weighted by Crippen LogP contribution is -2.43. The topological polar surface area (TPSA) is 82.3 Å². The molecule has 2 heterocycles. The standard InChI is InChI=1S/C26H24ClF4N5O2/c27-19-14-17(2-5-20(19)28)3-7-24(37)34-21-15-18(25-33-16-23(35-25)26(29,30)31)4-6-22(21)38-13-1-10-36-11-8-32-9-12-36/h2,4-6,14-16,32H,1,8-13H2,(H,33,35)(H,34,37). The minimum Gasteiger partial charge on any atom is -0.491 e. The predicted molar refractivity (Wildman–Crippen MR) is 135 cm³/mol. The molecule has 1 aliphatic heterocycles. The van der Waals surface area contributed by atoms with E-state index in [1.54, 1.807) is 12.1 Å².